The van der Waals surface area contributed by atoms with Crippen LogP contribution in [0.15, 0.2) is 146 Å². The Morgan fingerprint density at radius 3 is 0.769 bits per heavy atom. The van der Waals surface area contributed by atoms with Crippen LogP contribution in [-0.4, -0.2) is 96.7 Å². The summed E-state index contributed by atoms with van der Waals surface area (Å²) in [6, 6.07) is 0. The molecule has 0 aliphatic heterocycles. The van der Waals surface area contributed by atoms with Gasteiger partial charge in [-0.15, -0.1) is 0 Å². The minimum Gasteiger partial charge on any atom is -0.462 e. The number of hydrogen-bond acceptors (Lipinski definition) is 15. The average Bonchev–Trinajstić information content (AvgIpc) is 0.896. The molecular formula is C89H150O17P2. The van der Waals surface area contributed by atoms with E-state index in [1.807, 2.05) is 0 Å². The molecule has 0 aliphatic rings. The number of aliphatic hydroxyl groups is 1. The van der Waals surface area contributed by atoms with E-state index < -0.39 is 97.5 Å². The number of rotatable bonds is 78. The van der Waals surface area contributed by atoms with Gasteiger partial charge in [-0.3, -0.25) is 37.3 Å². The molecule has 0 aromatic rings. The smallest absolute Gasteiger partial charge is 0.462 e. The Labute approximate surface area is 656 Å². The van der Waals surface area contributed by atoms with Crippen LogP contribution in [0.5, 0.6) is 0 Å². The monoisotopic (exact) mass is 1550 g/mol. The lowest BCUT2D eigenvalue weighted by molar-refractivity contribution is -0.161. The summed E-state index contributed by atoms with van der Waals surface area (Å²) in [5, 5.41) is 10.7. The van der Waals surface area contributed by atoms with Gasteiger partial charge >= 0.3 is 39.5 Å². The van der Waals surface area contributed by atoms with Crippen LogP contribution < -0.4 is 0 Å². The molecule has 618 valence electrons. The van der Waals surface area contributed by atoms with Gasteiger partial charge in [0.1, 0.15) is 19.3 Å². The highest BCUT2D eigenvalue weighted by Crippen LogP contribution is 2.45. The van der Waals surface area contributed by atoms with Crippen LogP contribution in [0.2, 0.25) is 0 Å². The number of phosphoric acid groups is 2. The van der Waals surface area contributed by atoms with Crippen molar-refractivity contribution in [2.75, 3.05) is 39.6 Å². The molecule has 0 aromatic carbocycles. The zero-order valence-corrected chi connectivity index (χ0v) is 69.5. The number of aliphatic hydroxyl groups excluding tert-OH is 1. The van der Waals surface area contributed by atoms with Crippen LogP contribution in [0.4, 0.5) is 0 Å². The fraction of sp³-hybridized carbons (Fsp3) is 0.685. The minimum absolute atomic E-state index is 0.0434. The van der Waals surface area contributed by atoms with E-state index in [2.05, 4.69) is 174 Å². The largest absolute Gasteiger partial charge is 0.472 e. The maximum absolute atomic E-state index is 13.1. The predicted octanol–water partition coefficient (Wildman–Crippen LogP) is 25.0. The highest BCUT2D eigenvalue weighted by atomic mass is 31.2. The summed E-state index contributed by atoms with van der Waals surface area (Å²) in [5.41, 5.74) is 0. The van der Waals surface area contributed by atoms with Crippen molar-refractivity contribution in [1.29, 1.82) is 0 Å². The van der Waals surface area contributed by atoms with Crippen molar-refractivity contribution in [2.24, 2.45) is 0 Å². The second-order valence-electron chi connectivity index (χ2n) is 27.7. The number of unbranched alkanes of at least 4 members (excludes halogenated alkanes) is 28. The highest BCUT2D eigenvalue weighted by Gasteiger charge is 2.30. The van der Waals surface area contributed by atoms with Crippen molar-refractivity contribution in [1.82, 2.24) is 0 Å². The summed E-state index contributed by atoms with van der Waals surface area (Å²) in [7, 11) is -9.99. The third kappa shape index (κ3) is 79.0. The molecule has 0 radical (unpaired) electrons. The maximum atomic E-state index is 13.1. The lowest BCUT2D eigenvalue weighted by atomic mass is 10.0. The molecule has 0 aliphatic carbocycles. The standard InChI is InChI=1S/C89H150O17P2/c1-5-9-13-17-21-25-29-33-37-39-41-43-47-50-54-58-62-66-70-74-87(92)100-80-85(106-89(94)76-72-68-64-60-56-52-48-44-42-40-38-34-30-26-22-18-14-10-6-2)82-104-108(97,98)102-78-83(90)77-101-107(95,96)103-81-84(105-88(93)75-71-67-63-59-55-51-46-36-32-28-24-20-16-12-8-4)79-99-86(91)73-69-65-61-57-53-49-45-35-31-27-23-19-15-11-7-3/h9-10,13-14,21-22,24-26,28,33-34,36-38,41-44,46,50,52,54,56,83-85,90H,5-8,11-12,15-20,23,27,29-32,35,39-40,45,47-49,51,53,55,57-82H2,1-4H3,(H,95,96)(H,97,98)/b13-9-,14-10-,25-21-,26-22-,28-24-,37-33-,38-34-,43-41-,44-42-,46-36-,54-50-,56-52-/t83-,84+,85+/m0/s1. The molecule has 3 N–H and O–H groups in total. The Balaban J connectivity index is 5.46. The van der Waals surface area contributed by atoms with Crippen molar-refractivity contribution < 1.29 is 80.2 Å². The highest BCUT2D eigenvalue weighted by molar-refractivity contribution is 7.47. The lowest BCUT2D eigenvalue weighted by Gasteiger charge is -2.21. The molecule has 0 bridgehead atoms. The third-order valence-electron chi connectivity index (χ3n) is 17.3. The van der Waals surface area contributed by atoms with Gasteiger partial charge in [0.2, 0.25) is 0 Å². The summed E-state index contributed by atoms with van der Waals surface area (Å²) in [6.45, 7) is 4.56. The number of phosphoric ester groups is 2. The first-order valence-corrected chi connectivity index (χ1v) is 45.1. The van der Waals surface area contributed by atoms with Crippen LogP contribution in [0.3, 0.4) is 0 Å². The first-order chi connectivity index (χ1) is 52.7. The molecule has 2 unspecified atom stereocenters. The number of carbonyl (C=O) groups excluding carboxylic acids is 4. The lowest BCUT2D eigenvalue weighted by Crippen LogP contribution is -2.30. The zero-order chi connectivity index (χ0) is 78.9. The van der Waals surface area contributed by atoms with E-state index in [0.717, 1.165) is 167 Å². The molecule has 108 heavy (non-hydrogen) atoms. The van der Waals surface area contributed by atoms with Crippen molar-refractivity contribution in [3.8, 4) is 0 Å². The fourth-order valence-electron chi connectivity index (χ4n) is 11.0. The number of esters is 4. The van der Waals surface area contributed by atoms with Crippen molar-refractivity contribution in [3.05, 3.63) is 146 Å². The van der Waals surface area contributed by atoms with Gasteiger partial charge < -0.3 is 33.8 Å². The third-order valence-corrected chi connectivity index (χ3v) is 19.2. The van der Waals surface area contributed by atoms with Gasteiger partial charge in [-0.25, -0.2) is 9.13 Å². The number of carbonyl (C=O) groups is 4. The molecule has 0 rings (SSSR count). The van der Waals surface area contributed by atoms with Gasteiger partial charge in [0, 0.05) is 25.7 Å². The van der Waals surface area contributed by atoms with Crippen molar-refractivity contribution in [2.45, 2.75) is 354 Å². The molecular weight excluding hydrogens is 1400 g/mol. The molecule has 19 heteroatoms. The number of hydrogen-bond donors (Lipinski definition) is 3. The van der Waals surface area contributed by atoms with Crippen LogP contribution in [0, 0.1) is 0 Å². The fourth-order valence-corrected chi connectivity index (χ4v) is 12.5. The first-order valence-electron chi connectivity index (χ1n) is 42.1. The Kier molecular flexibility index (Phi) is 76.3. The first kappa shape index (κ1) is 103. The van der Waals surface area contributed by atoms with Crippen molar-refractivity contribution >= 4 is 39.5 Å². The molecule has 0 amide bonds. The Morgan fingerprint density at radius 1 is 0.269 bits per heavy atom. The maximum Gasteiger partial charge on any atom is 0.472 e. The SMILES string of the molecule is CC/C=C\C/C=C\C/C=C\C/C=C\C/C=C\CCCCCC(=O)OC[C@H](COP(=O)(O)OC[C@@H](O)COP(=O)(O)OC[C@@H](COC(=O)CCCCCCCCCCCCCCCCC)OC(=O)CCCCCCC/C=C\C/C=C\CCCCC)OC(=O)CCCCC/C=C\C/C=C\C/C=C\C/C=C\C/C=C\CC. The van der Waals surface area contributed by atoms with Gasteiger partial charge in [-0.2, -0.15) is 0 Å². The van der Waals surface area contributed by atoms with E-state index in [4.69, 9.17) is 37.0 Å². The number of ether oxygens (including phenoxy) is 4. The van der Waals surface area contributed by atoms with Crippen LogP contribution in [0.25, 0.3) is 0 Å². The second-order valence-corrected chi connectivity index (χ2v) is 30.6. The average molecular weight is 1550 g/mol. The Bertz CT molecular complexity index is 2610. The molecule has 0 spiro atoms. The van der Waals surface area contributed by atoms with E-state index >= 15 is 0 Å². The normalized spacial score (nSPS) is 14.5. The van der Waals surface area contributed by atoms with E-state index in [0.29, 0.717) is 25.7 Å². The molecule has 0 aromatic heterocycles. The topological polar surface area (TPSA) is 237 Å². The Hall–Kier alpha value is -5.06. The van der Waals surface area contributed by atoms with Crippen LogP contribution >= 0.6 is 15.6 Å². The predicted molar refractivity (Wildman–Crippen MR) is 445 cm³/mol. The molecule has 17 nitrogen and oxygen atoms in total. The second kappa shape index (κ2) is 80.0. The summed E-state index contributed by atoms with van der Waals surface area (Å²) in [4.78, 5) is 73.2. The quantitative estimate of drug-likeness (QED) is 0.0169. The Morgan fingerprint density at radius 2 is 0.481 bits per heavy atom. The molecule has 0 saturated heterocycles. The molecule has 0 saturated carbocycles. The van der Waals surface area contributed by atoms with Crippen LogP contribution in [0.1, 0.15) is 336 Å². The zero-order valence-electron chi connectivity index (χ0n) is 67.7. The summed E-state index contributed by atoms with van der Waals surface area (Å²) in [5.74, 6) is -2.26. The van der Waals surface area contributed by atoms with Crippen LogP contribution in [-0.2, 0) is 65.4 Å². The molecule has 0 heterocycles. The molecule has 5 atom stereocenters. The molecule has 0 fully saturated rings. The van der Waals surface area contributed by atoms with Gasteiger partial charge in [-0.05, 0) is 148 Å². The summed E-state index contributed by atoms with van der Waals surface area (Å²) >= 11 is 0. The van der Waals surface area contributed by atoms with Gasteiger partial charge in [0.05, 0.1) is 26.4 Å². The number of allylic oxidation sites excluding steroid dienone is 24. The van der Waals surface area contributed by atoms with Gasteiger partial charge in [0.15, 0.2) is 12.2 Å². The van der Waals surface area contributed by atoms with E-state index in [9.17, 15) is 43.2 Å². The van der Waals surface area contributed by atoms with E-state index in [-0.39, 0.29) is 25.7 Å². The van der Waals surface area contributed by atoms with E-state index in [1.165, 1.54) is 89.9 Å². The summed E-state index contributed by atoms with van der Waals surface area (Å²) in [6.07, 6.45) is 92.4. The minimum atomic E-state index is -5.00. The van der Waals surface area contributed by atoms with Gasteiger partial charge in [-0.1, -0.05) is 308 Å². The van der Waals surface area contributed by atoms with Gasteiger partial charge in [0.25, 0.3) is 0 Å². The summed E-state index contributed by atoms with van der Waals surface area (Å²) < 4.78 is 68.7. The van der Waals surface area contributed by atoms with Crippen molar-refractivity contribution in [3.63, 3.8) is 0 Å². The van der Waals surface area contributed by atoms with E-state index in [1.54, 1.807) is 0 Å².